The van der Waals surface area contributed by atoms with E-state index in [1.165, 1.54) is 38.4 Å². The van der Waals surface area contributed by atoms with Crippen molar-refractivity contribution in [3.8, 4) is 11.3 Å². The molecular weight excluding hydrogens is 396 g/mol. The smallest absolute Gasteiger partial charge is 0.253 e. The Bertz CT molecular complexity index is 969. The van der Waals surface area contributed by atoms with E-state index < -0.39 is 9.84 Å². The van der Waals surface area contributed by atoms with Crippen molar-refractivity contribution in [2.75, 3.05) is 12.8 Å². The first-order chi connectivity index (χ1) is 14.3. The van der Waals surface area contributed by atoms with Crippen molar-refractivity contribution >= 4 is 15.7 Å². The van der Waals surface area contributed by atoms with E-state index in [0.29, 0.717) is 22.9 Å². The van der Waals surface area contributed by atoms with Crippen LogP contribution >= 0.6 is 0 Å². The highest BCUT2D eigenvalue weighted by Gasteiger charge is 2.22. The summed E-state index contributed by atoms with van der Waals surface area (Å²) in [5.41, 5.74) is 3.62. The van der Waals surface area contributed by atoms with Crippen LogP contribution in [0.4, 0.5) is 0 Å². The molecule has 1 saturated carbocycles. The topological polar surface area (TPSA) is 68.2 Å². The van der Waals surface area contributed by atoms with Crippen LogP contribution < -0.4 is 5.32 Å². The number of hydrogen-bond donors (Lipinski definition) is 1. The fraction of sp³-hybridized carbons (Fsp3) is 0.542. The van der Waals surface area contributed by atoms with E-state index in [1.807, 2.05) is 25.1 Å². The highest BCUT2D eigenvalue weighted by Crippen LogP contribution is 2.31. The molecule has 1 heterocycles. The highest BCUT2D eigenvalue weighted by molar-refractivity contribution is 7.90. The van der Waals surface area contributed by atoms with E-state index in [4.69, 9.17) is 0 Å². The van der Waals surface area contributed by atoms with Gasteiger partial charge in [0, 0.05) is 30.7 Å². The van der Waals surface area contributed by atoms with E-state index in [1.54, 1.807) is 12.1 Å². The summed E-state index contributed by atoms with van der Waals surface area (Å²) in [5.74, 6) is 0.590. The average molecular weight is 431 g/mol. The molecule has 0 aliphatic heterocycles. The van der Waals surface area contributed by atoms with Gasteiger partial charge < -0.3 is 9.88 Å². The lowest BCUT2D eigenvalue weighted by atomic mass is 9.89. The number of sulfone groups is 1. The maximum absolute atomic E-state index is 12.8. The van der Waals surface area contributed by atoms with Crippen LogP contribution in [0.1, 0.15) is 67.9 Å². The van der Waals surface area contributed by atoms with Crippen molar-refractivity contribution in [3.05, 3.63) is 41.6 Å². The quantitative estimate of drug-likeness (QED) is 0.601. The number of carbonyl (C=O) groups excluding carboxylic acids is 1. The van der Waals surface area contributed by atoms with Crippen LogP contribution in [-0.2, 0) is 16.4 Å². The number of aromatic nitrogens is 1. The number of nitrogens with one attached hydrogen (secondary N) is 1. The van der Waals surface area contributed by atoms with Gasteiger partial charge >= 0.3 is 0 Å². The van der Waals surface area contributed by atoms with E-state index in [-0.39, 0.29) is 5.91 Å². The first kappa shape index (κ1) is 22.6. The van der Waals surface area contributed by atoms with Crippen molar-refractivity contribution < 1.29 is 13.2 Å². The molecule has 1 aliphatic carbocycles. The molecule has 3 rings (SSSR count). The first-order valence-electron chi connectivity index (χ1n) is 11.1. The van der Waals surface area contributed by atoms with E-state index >= 15 is 0 Å². The molecule has 1 aromatic heterocycles. The molecule has 0 saturated heterocycles. The summed E-state index contributed by atoms with van der Waals surface area (Å²) >= 11 is 0. The standard InChI is InChI=1S/C24H34N2O3S/c1-4-5-15-25-24(27)22-16-23(20-11-13-21(14-12-20)30(3,28)29)26(18(22)2)17-19-9-7-6-8-10-19/h11-14,16,19H,4-10,15,17H2,1-3H3,(H,25,27). The normalized spacial score (nSPS) is 15.3. The lowest BCUT2D eigenvalue weighted by Gasteiger charge is -2.24. The van der Waals surface area contributed by atoms with Crippen LogP contribution in [0.5, 0.6) is 0 Å². The number of hydrogen-bond acceptors (Lipinski definition) is 3. The van der Waals surface area contributed by atoms with Gasteiger partial charge in [-0.1, -0.05) is 44.7 Å². The molecule has 1 N–H and O–H groups in total. The van der Waals surface area contributed by atoms with Gasteiger partial charge in [0.2, 0.25) is 0 Å². The van der Waals surface area contributed by atoms with Crippen molar-refractivity contribution in [3.63, 3.8) is 0 Å². The molecule has 0 spiro atoms. The largest absolute Gasteiger partial charge is 0.352 e. The molecule has 30 heavy (non-hydrogen) atoms. The number of rotatable bonds is 8. The minimum Gasteiger partial charge on any atom is -0.352 e. The van der Waals surface area contributed by atoms with E-state index in [0.717, 1.165) is 36.3 Å². The van der Waals surface area contributed by atoms with Gasteiger partial charge in [-0.15, -0.1) is 0 Å². The number of nitrogens with zero attached hydrogens (tertiary/aromatic N) is 1. The highest BCUT2D eigenvalue weighted by atomic mass is 32.2. The second kappa shape index (κ2) is 9.82. The van der Waals surface area contributed by atoms with Gasteiger partial charge in [0.1, 0.15) is 0 Å². The van der Waals surface area contributed by atoms with E-state index in [2.05, 4.69) is 16.8 Å². The van der Waals surface area contributed by atoms with Gasteiger partial charge in [-0.2, -0.15) is 0 Å². The number of carbonyl (C=O) groups is 1. The van der Waals surface area contributed by atoms with Crippen molar-refractivity contribution in [2.24, 2.45) is 5.92 Å². The minimum absolute atomic E-state index is 0.0302. The van der Waals surface area contributed by atoms with Crippen LogP contribution in [0.2, 0.25) is 0 Å². The Hall–Kier alpha value is -2.08. The molecule has 1 amide bonds. The number of amides is 1. The van der Waals surface area contributed by atoms with Gasteiger partial charge in [-0.3, -0.25) is 4.79 Å². The van der Waals surface area contributed by atoms with Crippen molar-refractivity contribution in [1.82, 2.24) is 9.88 Å². The third-order valence-electron chi connectivity index (χ3n) is 6.17. The molecule has 1 aliphatic rings. The summed E-state index contributed by atoms with van der Waals surface area (Å²) in [5, 5.41) is 3.03. The Morgan fingerprint density at radius 2 is 1.80 bits per heavy atom. The summed E-state index contributed by atoms with van der Waals surface area (Å²) in [4.78, 5) is 13.1. The average Bonchev–Trinajstić information content (AvgIpc) is 3.05. The Kier molecular flexibility index (Phi) is 7.40. The third-order valence-corrected chi connectivity index (χ3v) is 7.30. The summed E-state index contributed by atoms with van der Waals surface area (Å²) < 4.78 is 25.9. The van der Waals surface area contributed by atoms with Gasteiger partial charge in [0.15, 0.2) is 9.84 Å². The Morgan fingerprint density at radius 1 is 1.13 bits per heavy atom. The zero-order chi connectivity index (χ0) is 21.7. The maximum Gasteiger partial charge on any atom is 0.253 e. The van der Waals surface area contributed by atoms with Gasteiger partial charge in [0.05, 0.1) is 10.5 Å². The van der Waals surface area contributed by atoms with Gasteiger partial charge in [-0.25, -0.2) is 8.42 Å². The number of benzene rings is 1. The van der Waals surface area contributed by atoms with Crippen LogP contribution in [0.3, 0.4) is 0 Å². The minimum atomic E-state index is -3.23. The molecule has 0 atom stereocenters. The SMILES string of the molecule is CCCCNC(=O)c1cc(-c2ccc(S(C)(=O)=O)cc2)n(CC2CCCCC2)c1C. The third kappa shape index (κ3) is 5.34. The Morgan fingerprint density at radius 3 is 2.40 bits per heavy atom. The van der Waals surface area contributed by atoms with Crippen LogP contribution in [0, 0.1) is 12.8 Å². The lowest BCUT2D eigenvalue weighted by Crippen LogP contribution is -2.25. The van der Waals surface area contributed by atoms with Gasteiger partial charge in [0.25, 0.3) is 5.91 Å². The summed E-state index contributed by atoms with van der Waals surface area (Å²) in [6.45, 7) is 5.71. The molecule has 6 heteroatoms. The fourth-order valence-corrected chi connectivity index (χ4v) is 4.95. The molecule has 164 valence electrons. The second-order valence-corrected chi connectivity index (χ2v) is 10.6. The van der Waals surface area contributed by atoms with Crippen LogP contribution in [-0.4, -0.2) is 31.7 Å². The zero-order valence-electron chi connectivity index (χ0n) is 18.4. The molecule has 0 radical (unpaired) electrons. The summed E-state index contributed by atoms with van der Waals surface area (Å²) in [6, 6.07) is 8.97. The monoisotopic (exact) mass is 430 g/mol. The molecule has 1 fully saturated rings. The molecule has 5 nitrogen and oxygen atoms in total. The van der Waals surface area contributed by atoms with Gasteiger partial charge in [-0.05, 0) is 55.9 Å². The molecule has 0 unspecified atom stereocenters. The lowest BCUT2D eigenvalue weighted by molar-refractivity contribution is 0.0952. The predicted octanol–water partition coefficient (Wildman–Crippen LogP) is 4.98. The van der Waals surface area contributed by atoms with Crippen molar-refractivity contribution in [1.29, 1.82) is 0 Å². The predicted molar refractivity (Wildman–Crippen MR) is 122 cm³/mol. The Balaban J connectivity index is 1.96. The molecular formula is C24H34N2O3S. The maximum atomic E-state index is 12.8. The summed E-state index contributed by atoms with van der Waals surface area (Å²) in [6.07, 6.45) is 9.53. The fourth-order valence-electron chi connectivity index (χ4n) is 4.32. The van der Waals surface area contributed by atoms with Crippen molar-refractivity contribution in [2.45, 2.75) is 70.2 Å². The summed E-state index contributed by atoms with van der Waals surface area (Å²) in [7, 11) is -3.23. The second-order valence-electron chi connectivity index (χ2n) is 8.55. The van der Waals surface area contributed by atoms with E-state index in [9.17, 15) is 13.2 Å². The first-order valence-corrected chi connectivity index (χ1v) is 13.0. The van der Waals surface area contributed by atoms with Crippen LogP contribution in [0.15, 0.2) is 35.2 Å². The Labute approximate surface area is 180 Å². The molecule has 2 aromatic rings. The molecule has 0 bridgehead atoms. The van der Waals surface area contributed by atoms with Crippen LogP contribution in [0.25, 0.3) is 11.3 Å². The zero-order valence-corrected chi connectivity index (χ0v) is 19.2. The number of unbranched alkanes of at least 4 members (excludes halogenated alkanes) is 1. The molecule has 1 aromatic carbocycles.